The van der Waals surface area contributed by atoms with Crippen LogP contribution in [0.1, 0.15) is 36.1 Å². The summed E-state index contributed by atoms with van der Waals surface area (Å²) in [5, 5.41) is 3.37. The van der Waals surface area contributed by atoms with E-state index in [1.54, 1.807) is 18.3 Å². The SMILES string of the molecule is O=C(CCC1CCCO1)Nc1ncc(Cc2ccccc2F)s1. The summed E-state index contributed by atoms with van der Waals surface area (Å²) in [5.74, 6) is -0.268. The number of hydrogen-bond donors (Lipinski definition) is 1. The second kappa shape index (κ2) is 7.66. The molecule has 2 heterocycles. The largest absolute Gasteiger partial charge is 0.378 e. The van der Waals surface area contributed by atoms with Gasteiger partial charge in [-0.05, 0) is 30.9 Å². The minimum Gasteiger partial charge on any atom is -0.378 e. The van der Waals surface area contributed by atoms with Crippen molar-refractivity contribution >= 4 is 22.4 Å². The van der Waals surface area contributed by atoms with Crippen LogP contribution < -0.4 is 5.32 Å². The summed E-state index contributed by atoms with van der Waals surface area (Å²) in [6.07, 6.45) is 5.69. The summed E-state index contributed by atoms with van der Waals surface area (Å²) >= 11 is 1.38. The van der Waals surface area contributed by atoms with Gasteiger partial charge in [0.05, 0.1) is 6.10 Å². The van der Waals surface area contributed by atoms with E-state index in [1.165, 1.54) is 17.4 Å². The molecule has 6 heteroatoms. The third-order valence-corrected chi connectivity index (χ3v) is 4.75. The minimum atomic E-state index is -0.219. The molecule has 3 rings (SSSR count). The Labute approximate surface area is 138 Å². The number of anilines is 1. The molecule has 23 heavy (non-hydrogen) atoms. The number of halogens is 1. The summed E-state index contributed by atoms with van der Waals surface area (Å²) < 4.78 is 19.1. The molecule has 0 aliphatic carbocycles. The Kier molecular flexibility index (Phi) is 5.35. The molecular formula is C17H19FN2O2S. The first kappa shape index (κ1) is 16.1. The Morgan fingerprint density at radius 3 is 3.09 bits per heavy atom. The van der Waals surface area contributed by atoms with E-state index in [9.17, 15) is 9.18 Å². The quantitative estimate of drug-likeness (QED) is 0.875. The summed E-state index contributed by atoms with van der Waals surface area (Å²) in [6, 6.07) is 6.69. The lowest BCUT2D eigenvalue weighted by atomic mass is 10.1. The first-order chi connectivity index (χ1) is 11.2. The predicted molar refractivity (Wildman–Crippen MR) is 88.2 cm³/mol. The number of amides is 1. The maximum absolute atomic E-state index is 13.6. The van der Waals surface area contributed by atoms with Gasteiger partial charge in [-0.3, -0.25) is 4.79 Å². The van der Waals surface area contributed by atoms with E-state index in [0.717, 1.165) is 30.7 Å². The number of rotatable bonds is 6. The molecule has 2 aromatic rings. The molecule has 1 saturated heterocycles. The average molecular weight is 334 g/mol. The summed E-state index contributed by atoms with van der Waals surface area (Å²) in [5.41, 5.74) is 0.632. The van der Waals surface area contributed by atoms with Crippen molar-refractivity contribution in [2.24, 2.45) is 0 Å². The fraction of sp³-hybridized carbons (Fsp3) is 0.412. The van der Waals surface area contributed by atoms with E-state index < -0.39 is 0 Å². The first-order valence-corrected chi connectivity index (χ1v) is 8.62. The summed E-state index contributed by atoms with van der Waals surface area (Å²) in [6.45, 7) is 0.804. The monoisotopic (exact) mass is 334 g/mol. The fourth-order valence-electron chi connectivity index (χ4n) is 2.62. The lowest BCUT2D eigenvalue weighted by Gasteiger charge is -2.07. The molecule has 0 radical (unpaired) electrons. The van der Waals surface area contributed by atoms with Gasteiger partial charge in [-0.2, -0.15) is 0 Å². The molecule has 1 aromatic carbocycles. The van der Waals surface area contributed by atoms with Crippen LogP contribution in [0.4, 0.5) is 9.52 Å². The Bertz CT molecular complexity index is 668. The number of carbonyl (C=O) groups is 1. The number of nitrogens with one attached hydrogen (secondary N) is 1. The highest BCUT2D eigenvalue weighted by atomic mass is 32.1. The van der Waals surface area contributed by atoms with E-state index in [4.69, 9.17) is 4.74 Å². The van der Waals surface area contributed by atoms with Crippen molar-refractivity contribution in [1.29, 1.82) is 0 Å². The zero-order valence-corrected chi connectivity index (χ0v) is 13.6. The Hall–Kier alpha value is -1.79. The minimum absolute atomic E-state index is 0.0488. The van der Waals surface area contributed by atoms with Crippen LogP contribution in [0.3, 0.4) is 0 Å². The fourth-order valence-corrected chi connectivity index (χ4v) is 3.47. The van der Waals surface area contributed by atoms with E-state index in [1.807, 2.05) is 6.07 Å². The highest BCUT2D eigenvalue weighted by Crippen LogP contribution is 2.23. The van der Waals surface area contributed by atoms with Crippen LogP contribution in [0.15, 0.2) is 30.5 Å². The van der Waals surface area contributed by atoms with Gasteiger partial charge >= 0.3 is 0 Å². The van der Waals surface area contributed by atoms with Gasteiger partial charge in [-0.1, -0.05) is 18.2 Å². The number of aromatic nitrogens is 1. The molecule has 1 N–H and O–H groups in total. The van der Waals surface area contributed by atoms with Gasteiger partial charge < -0.3 is 10.1 Å². The van der Waals surface area contributed by atoms with E-state index in [2.05, 4.69) is 10.3 Å². The van der Waals surface area contributed by atoms with E-state index >= 15 is 0 Å². The van der Waals surface area contributed by atoms with Crippen LogP contribution in [-0.4, -0.2) is 23.6 Å². The zero-order chi connectivity index (χ0) is 16.1. The van der Waals surface area contributed by atoms with Crippen LogP contribution in [0, 0.1) is 5.82 Å². The van der Waals surface area contributed by atoms with Gasteiger partial charge in [0.2, 0.25) is 5.91 Å². The lowest BCUT2D eigenvalue weighted by Crippen LogP contribution is -2.15. The van der Waals surface area contributed by atoms with Gasteiger partial charge in [0.1, 0.15) is 5.82 Å². The molecule has 1 aliphatic heterocycles. The molecule has 1 fully saturated rings. The van der Waals surface area contributed by atoms with Gasteiger partial charge in [-0.25, -0.2) is 9.37 Å². The molecule has 0 spiro atoms. The Morgan fingerprint density at radius 2 is 2.30 bits per heavy atom. The number of nitrogens with zero attached hydrogens (tertiary/aromatic N) is 1. The van der Waals surface area contributed by atoms with Gasteiger partial charge in [0, 0.05) is 30.5 Å². The van der Waals surface area contributed by atoms with Crippen molar-refractivity contribution in [2.45, 2.75) is 38.2 Å². The second-order valence-corrected chi connectivity index (χ2v) is 6.74. The molecule has 1 aromatic heterocycles. The number of benzene rings is 1. The molecule has 1 atom stereocenters. The molecule has 0 saturated carbocycles. The van der Waals surface area contributed by atoms with Crippen molar-refractivity contribution in [1.82, 2.24) is 4.98 Å². The zero-order valence-electron chi connectivity index (χ0n) is 12.8. The van der Waals surface area contributed by atoms with Crippen molar-refractivity contribution < 1.29 is 13.9 Å². The average Bonchev–Trinajstić information content (AvgIpc) is 3.19. The summed E-state index contributed by atoms with van der Waals surface area (Å²) in [4.78, 5) is 17.0. The Balaban J connectivity index is 1.50. The highest BCUT2D eigenvalue weighted by molar-refractivity contribution is 7.15. The molecule has 1 amide bonds. The maximum atomic E-state index is 13.6. The van der Waals surface area contributed by atoms with Crippen molar-refractivity contribution in [3.8, 4) is 0 Å². The normalized spacial score (nSPS) is 17.3. The van der Waals surface area contributed by atoms with Crippen molar-refractivity contribution in [2.75, 3.05) is 11.9 Å². The molecule has 1 aliphatic rings. The molecule has 1 unspecified atom stereocenters. The second-order valence-electron chi connectivity index (χ2n) is 5.62. The molecule has 122 valence electrons. The highest BCUT2D eigenvalue weighted by Gasteiger charge is 2.17. The van der Waals surface area contributed by atoms with Crippen LogP contribution in [-0.2, 0) is 16.0 Å². The predicted octanol–water partition coefficient (Wildman–Crippen LogP) is 3.77. The lowest BCUT2D eigenvalue weighted by molar-refractivity contribution is -0.116. The molecule has 0 bridgehead atoms. The van der Waals surface area contributed by atoms with Crippen molar-refractivity contribution in [3.05, 3.63) is 46.7 Å². The van der Waals surface area contributed by atoms with Crippen LogP contribution in [0.25, 0.3) is 0 Å². The number of ether oxygens (including phenoxy) is 1. The third kappa shape index (κ3) is 4.59. The van der Waals surface area contributed by atoms with Crippen molar-refractivity contribution in [3.63, 3.8) is 0 Å². The van der Waals surface area contributed by atoms with E-state index in [0.29, 0.717) is 23.5 Å². The Morgan fingerprint density at radius 1 is 1.43 bits per heavy atom. The third-order valence-electron chi connectivity index (χ3n) is 3.84. The smallest absolute Gasteiger partial charge is 0.226 e. The van der Waals surface area contributed by atoms with Gasteiger partial charge in [0.15, 0.2) is 5.13 Å². The maximum Gasteiger partial charge on any atom is 0.226 e. The first-order valence-electron chi connectivity index (χ1n) is 7.80. The van der Waals surface area contributed by atoms with Crippen LogP contribution >= 0.6 is 11.3 Å². The summed E-state index contributed by atoms with van der Waals surface area (Å²) in [7, 11) is 0. The van der Waals surface area contributed by atoms with E-state index in [-0.39, 0.29) is 17.8 Å². The number of carbonyl (C=O) groups excluding carboxylic acids is 1. The topological polar surface area (TPSA) is 51.2 Å². The molecular weight excluding hydrogens is 315 g/mol. The van der Waals surface area contributed by atoms with Crippen LogP contribution in [0.5, 0.6) is 0 Å². The standard InChI is InChI=1S/C17H19FN2O2S/c18-15-6-2-1-4-12(15)10-14-11-19-17(23-14)20-16(21)8-7-13-5-3-9-22-13/h1-2,4,6,11,13H,3,5,7-10H2,(H,19,20,21). The molecule has 4 nitrogen and oxygen atoms in total. The van der Waals surface area contributed by atoms with Gasteiger partial charge in [-0.15, -0.1) is 11.3 Å². The number of thiazole rings is 1. The van der Waals surface area contributed by atoms with Gasteiger partial charge in [0.25, 0.3) is 0 Å². The number of hydrogen-bond acceptors (Lipinski definition) is 4. The van der Waals surface area contributed by atoms with Crippen LogP contribution in [0.2, 0.25) is 0 Å².